The third-order valence-electron chi connectivity index (χ3n) is 6.26. The van der Waals surface area contributed by atoms with Crippen LogP contribution in [0.25, 0.3) is 0 Å². The molecule has 2 saturated heterocycles. The molecule has 0 unspecified atom stereocenters. The minimum atomic E-state index is -0.535. The summed E-state index contributed by atoms with van der Waals surface area (Å²) in [7, 11) is 0. The number of fused-ring (bicyclic) bond motifs is 1. The molecule has 1 amide bonds. The van der Waals surface area contributed by atoms with E-state index in [1.165, 1.54) is 11.1 Å². The molecule has 0 aliphatic carbocycles. The minimum Gasteiger partial charge on any atom is -0.444 e. The van der Waals surface area contributed by atoms with Crippen molar-refractivity contribution in [3.8, 4) is 6.07 Å². The molecule has 4 rings (SSSR count). The Bertz CT molecular complexity index is 893. The predicted octanol–water partition coefficient (Wildman–Crippen LogP) is 4.65. The van der Waals surface area contributed by atoms with E-state index in [2.05, 4.69) is 59.5 Å². The van der Waals surface area contributed by atoms with Crippen LogP contribution in [0.1, 0.15) is 44.2 Å². The van der Waals surface area contributed by atoms with E-state index in [0.717, 1.165) is 13.0 Å². The van der Waals surface area contributed by atoms with Crippen LogP contribution in [0.3, 0.4) is 0 Å². The number of benzene rings is 2. The average molecular weight is 418 g/mol. The van der Waals surface area contributed by atoms with E-state index in [-0.39, 0.29) is 30.0 Å². The van der Waals surface area contributed by atoms with Crippen LogP contribution in [0.15, 0.2) is 60.7 Å². The first kappa shape index (κ1) is 21.4. The summed E-state index contributed by atoms with van der Waals surface area (Å²) in [5, 5.41) is 9.62. The summed E-state index contributed by atoms with van der Waals surface area (Å²) in [6, 6.07) is 23.7. The Kier molecular flexibility index (Phi) is 6.02. The SMILES string of the molecule is CC(C)(C)OC(=O)N1C[C@@H]2C[C@H](C#N)CN2[C@H](C(c2ccccc2)c2ccccc2)C1. The van der Waals surface area contributed by atoms with Crippen LogP contribution in [0.2, 0.25) is 0 Å². The zero-order valence-electron chi connectivity index (χ0n) is 18.6. The molecule has 0 radical (unpaired) electrons. The summed E-state index contributed by atoms with van der Waals surface area (Å²) in [6.45, 7) is 7.64. The Labute approximate surface area is 185 Å². The van der Waals surface area contributed by atoms with Crippen LogP contribution in [0.4, 0.5) is 4.79 Å². The van der Waals surface area contributed by atoms with Crippen LogP contribution >= 0.6 is 0 Å². The van der Waals surface area contributed by atoms with Crippen LogP contribution in [0, 0.1) is 17.2 Å². The number of nitrogens with zero attached hydrogens (tertiary/aromatic N) is 3. The van der Waals surface area contributed by atoms with Crippen molar-refractivity contribution in [3.63, 3.8) is 0 Å². The van der Waals surface area contributed by atoms with Crippen LogP contribution in [-0.2, 0) is 4.74 Å². The van der Waals surface area contributed by atoms with Crippen LogP contribution in [0.5, 0.6) is 0 Å². The van der Waals surface area contributed by atoms with Gasteiger partial charge in [0.2, 0.25) is 0 Å². The van der Waals surface area contributed by atoms with Gasteiger partial charge in [-0.3, -0.25) is 4.90 Å². The highest BCUT2D eigenvalue weighted by Crippen LogP contribution is 2.39. The molecule has 3 atom stereocenters. The molecular weight excluding hydrogens is 386 g/mol. The lowest BCUT2D eigenvalue weighted by molar-refractivity contribution is -0.00666. The summed E-state index contributed by atoms with van der Waals surface area (Å²) >= 11 is 0. The predicted molar refractivity (Wildman–Crippen MR) is 121 cm³/mol. The number of ether oxygens (including phenoxy) is 1. The standard InChI is InChI=1S/C26H31N3O2/c1-26(2,3)31-25(30)28-17-22-14-19(15-27)16-29(22)23(18-28)24(20-10-6-4-7-11-20)21-12-8-5-9-13-21/h4-13,19,22-24H,14,16-18H2,1-3H3/t19-,22+,23+/m1/s1. The molecule has 0 bridgehead atoms. The number of hydrogen-bond acceptors (Lipinski definition) is 4. The smallest absolute Gasteiger partial charge is 0.410 e. The molecule has 5 heteroatoms. The maximum Gasteiger partial charge on any atom is 0.410 e. The van der Waals surface area contributed by atoms with Gasteiger partial charge in [-0.05, 0) is 38.3 Å². The van der Waals surface area contributed by atoms with Crippen molar-refractivity contribution in [2.75, 3.05) is 19.6 Å². The fraction of sp³-hybridized carbons (Fsp3) is 0.462. The number of carbonyl (C=O) groups excluding carboxylic acids is 1. The third kappa shape index (κ3) is 4.75. The molecule has 31 heavy (non-hydrogen) atoms. The van der Waals surface area contributed by atoms with Gasteiger partial charge in [0.15, 0.2) is 0 Å². The lowest BCUT2D eigenvalue weighted by Gasteiger charge is -2.47. The number of piperazine rings is 1. The number of hydrogen-bond donors (Lipinski definition) is 0. The van der Waals surface area contributed by atoms with E-state index in [9.17, 15) is 10.1 Å². The molecule has 2 fully saturated rings. The van der Waals surface area contributed by atoms with Gasteiger partial charge in [-0.15, -0.1) is 0 Å². The number of rotatable bonds is 3. The fourth-order valence-electron chi connectivity index (χ4n) is 5.01. The third-order valence-corrected chi connectivity index (χ3v) is 6.26. The van der Waals surface area contributed by atoms with E-state index in [1.54, 1.807) is 0 Å². The average Bonchev–Trinajstić information content (AvgIpc) is 3.18. The van der Waals surface area contributed by atoms with Gasteiger partial charge in [-0.25, -0.2) is 4.79 Å². The van der Waals surface area contributed by atoms with E-state index < -0.39 is 5.60 Å². The number of nitriles is 1. The second-order valence-corrected chi connectivity index (χ2v) is 9.66. The molecule has 2 heterocycles. The Morgan fingerprint density at radius 2 is 1.58 bits per heavy atom. The Morgan fingerprint density at radius 1 is 1.00 bits per heavy atom. The first-order valence-electron chi connectivity index (χ1n) is 11.1. The van der Waals surface area contributed by atoms with Crippen molar-refractivity contribution >= 4 is 6.09 Å². The lowest BCUT2D eigenvalue weighted by atomic mass is 9.82. The molecule has 2 aromatic rings. The molecule has 0 N–H and O–H groups in total. The van der Waals surface area contributed by atoms with Crippen LogP contribution < -0.4 is 0 Å². The molecular formula is C26H31N3O2. The van der Waals surface area contributed by atoms with Gasteiger partial charge in [0, 0.05) is 37.6 Å². The maximum atomic E-state index is 13.0. The van der Waals surface area contributed by atoms with E-state index in [1.807, 2.05) is 37.8 Å². The highest BCUT2D eigenvalue weighted by atomic mass is 16.6. The van der Waals surface area contributed by atoms with Gasteiger partial charge in [-0.1, -0.05) is 60.7 Å². The summed E-state index contributed by atoms with van der Waals surface area (Å²) < 4.78 is 5.72. The van der Waals surface area contributed by atoms with E-state index >= 15 is 0 Å². The first-order valence-corrected chi connectivity index (χ1v) is 11.1. The largest absolute Gasteiger partial charge is 0.444 e. The fourth-order valence-corrected chi connectivity index (χ4v) is 5.01. The second-order valence-electron chi connectivity index (χ2n) is 9.66. The van der Waals surface area contributed by atoms with Crippen molar-refractivity contribution in [2.45, 2.75) is 50.8 Å². The van der Waals surface area contributed by atoms with Crippen molar-refractivity contribution < 1.29 is 9.53 Å². The minimum absolute atomic E-state index is 0.00159. The number of carbonyl (C=O) groups is 1. The van der Waals surface area contributed by atoms with Gasteiger partial charge in [-0.2, -0.15) is 5.26 Å². The van der Waals surface area contributed by atoms with Gasteiger partial charge >= 0.3 is 6.09 Å². The van der Waals surface area contributed by atoms with Crippen LogP contribution in [-0.4, -0.2) is 53.2 Å². The Balaban J connectivity index is 1.72. The zero-order chi connectivity index (χ0) is 22.0. The topological polar surface area (TPSA) is 56.6 Å². The van der Waals surface area contributed by atoms with E-state index in [4.69, 9.17) is 4.74 Å². The molecule has 2 aliphatic rings. The second kappa shape index (κ2) is 8.72. The summed E-state index contributed by atoms with van der Waals surface area (Å²) in [4.78, 5) is 17.3. The molecule has 162 valence electrons. The van der Waals surface area contributed by atoms with Gasteiger partial charge in [0.1, 0.15) is 5.60 Å². The molecule has 2 aromatic carbocycles. The highest BCUT2D eigenvalue weighted by Gasteiger charge is 2.46. The summed E-state index contributed by atoms with van der Waals surface area (Å²) in [6.07, 6.45) is 0.528. The summed E-state index contributed by atoms with van der Waals surface area (Å²) in [5.41, 5.74) is 1.92. The van der Waals surface area contributed by atoms with Gasteiger partial charge in [0.25, 0.3) is 0 Å². The zero-order valence-corrected chi connectivity index (χ0v) is 18.6. The highest BCUT2D eigenvalue weighted by molar-refractivity contribution is 5.68. The number of amides is 1. The van der Waals surface area contributed by atoms with Gasteiger partial charge in [0.05, 0.1) is 12.0 Å². The molecule has 0 saturated carbocycles. The van der Waals surface area contributed by atoms with Crippen molar-refractivity contribution in [2.24, 2.45) is 5.92 Å². The molecule has 5 nitrogen and oxygen atoms in total. The lowest BCUT2D eigenvalue weighted by Crippen LogP contribution is -2.60. The molecule has 0 spiro atoms. The van der Waals surface area contributed by atoms with Crippen molar-refractivity contribution in [1.29, 1.82) is 5.26 Å². The molecule has 2 aliphatic heterocycles. The Hall–Kier alpha value is -2.84. The monoisotopic (exact) mass is 417 g/mol. The maximum absolute atomic E-state index is 13.0. The molecule has 0 aromatic heterocycles. The van der Waals surface area contributed by atoms with Crippen molar-refractivity contribution in [3.05, 3.63) is 71.8 Å². The van der Waals surface area contributed by atoms with E-state index in [0.29, 0.717) is 13.1 Å². The van der Waals surface area contributed by atoms with Crippen molar-refractivity contribution in [1.82, 2.24) is 9.80 Å². The summed E-state index contributed by atoms with van der Waals surface area (Å²) in [5.74, 6) is 0.103. The Morgan fingerprint density at radius 3 is 2.10 bits per heavy atom. The first-order chi connectivity index (χ1) is 14.9. The van der Waals surface area contributed by atoms with Gasteiger partial charge < -0.3 is 9.64 Å². The quantitative estimate of drug-likeness (QED) is 0.729. The normalized spacial score (nSPS) is 24.0.